The standard InChI is InChI=1S/C14H8Cl2N2/c15-10-4-1-3-9(7-10)13-8-12(16)11-5-2-6-17-14(11)18-13/h1-8H. The van der Waals surface area contributed by atoms with Gasteiger partial charge in [-0.1, -0.05) is 35.3 Å². The summed E-state index contributed by atoms with van der Waals surface area (Å²) in [5.41, 5.74) is 2.34. The van der Waals surface area contributed by atoms with Crippen molar-refractivity contribution < 1.29 is 0 Å². The summed E-state index contributed by atoms with van der Waals surface area (Å²) in [4.78, 5) is 8.72. The van der Waals surface area contributed by atoms with Gasteiger partial charge in [-0.15, -0.1) is 0 Å². The molecule has 0 aliphatic rings. The summed E-state index contributed by atoms with van der Waals surface area (Å²) in [6, 6.07) is 13.1. The van der Waals surface area contributed by atoms with Crippen molar-refractivity contribution in [2.24, 2.45) is 0 Å². The Balaban J connectivity index is 2.24. The number of aromatic nitrogens is 2. The molecule has 0 aliphatic heterocycles. The Bertz CT molecular complexity index is 726. The number of hydrogen-bond donors (Lipinski definition) is 0. The minimum absolute atomic E-state index is 0.639. The van der Waals surface area contributed by atoms with E-state index in [0.29, 0.717) is 15.7 Å². The second-order valence-corrected chi connectivity index (χ2v) is 4.72. The summed E-state index contributed by atoms with van der Waals surface area (Å²) in [6.07, 6.45) is 1.70. The Kier molecular flexibility index (Phi) is 2.90. The fourth-order valence-corrected chi connectivity index (χ4v) is 2.25. The lowest BCUT2D eigenvalue weighted by Crippen LogP contribution is -1.88. The summed E-state index contributed by atoms with van der Waals surface area (Å²) >= 11 is 12.2. The van der Waals surface area contributed by atoms with Crippen LogP contribution in [0.15, 0.2) is 48.7 Å². The van der Waals surface area contributed by atoms with E-state index in [1.165, 1.54) is 0 Å². The van der Waals surface area contributed by atoms with Gasteiger partial charge >= 0.3 is 0 Å². The smallest absolute Gasteiger partial charge is 0.161 e. The quantitative estimate of drug-likeness (QED) is 0.648. The third kappa shape index (κ3) is 2.05. The molecule has 3 aromatic rings. The molecule has 4 heteroatoms. The van der Waals surface area contributed by atoms with Gasteiger partial charge in [0.15, 0.2) is 5.65 Å². The number of hydrogen-bond acceptors (Lipinski definition) is 2. The Morgan fingerprint density at radius 2 is 1.83 bits per heavy atom. The molecule has 0 unspecified atom stereocenters. The van der Waals surface area contributed by atoms with Gasteiger partial charge in [-0.2, -0.15) is 0 Å². The van der Waals surface area contributed by atoms with Crippen LogP contribution in [-0.2, 0) is 0 Å². The van der Waals surface area contributed by atoms with Gasteiger partial charge in [0.25, 0.3) is 0 Å². The molecule has 0 saturated carbocycles. The number of benzene rings is 1. The van der Waals surface area contributed by atoms with Crippen molar-refractivity contribution in [2.45, 2.75) is 0 Å². The summed E-state index contributed by atoms with van der Waals surface area (Å²) < 4.78 is 0. The average molecular weight is 275 g/mol. The monoisotopic (exact) mass is 274 g/mol. The zero-order valence-electron chi connectivity index (χ0n) is 9.27. The molecular formula is C14H8Cl2N2. The largest absolute Gasteiger partial charge is 0.237 e. The summed E-state index contributed by atoms with van der Waals surface area (Å²) in [7, 11) is 0. The minimum atomic E-state index is 0.639. The van der Waals surface area contributed by atoms with Crippen LogP contribution >= 0.6 is 23.2 Å². The van der Waals surface area contributed by atoms with E-state index in [2.05, 4.69) is 9.97 Å². The van der Waals surface area contributed by atoms with E-state index in [-0.39, 0.29) is 0 Å². The van der Waals surface area contributed by atoms with Gasteiger partial charge in [-0.05, 0) is 30.3 Å². The molecule has 0 fully saturated rings. The first-order valence-electron chi connectivity index (χ1n) is 5.41. The molecule has 3 rings (SSSR count). The molecule has 18 heavy (non-hydrogen) atoms. The number of pyridine rings is 2. The van der Waals surface area contributed by atoms with Gasteiger partial charge < -0.3 is 0 Å². The third-order valence-electron chi connectivity index (χ3n) is 2.65. The predicted molar refractivity (Wildman–Crippen MR) is 75.0 cm³/mol. The Morgan fingerprint density at radius 3 is 2.67 bits per heavy atom. The molecule has 0 bridgehead atoms. The fourth-order valence-electron chi connectivity index (χ4n) is 1.81. The number of rotatable bonds is 1. The zero-order valence-corrected chi connectivity index (χ0v) is 10.8. The highest BCUT2D eigenvalue weighted by atomic mass is 35.5. The topological polar surface area (TPSA) is 25.8 Å². The van der Waals surface area contributed by atoms with Crippen LogP contribution in [0.4, 0.5) is 0 Å². The lowest BCUT2D eigenvalue weighted by atomic mass is 10.1. The molecule has 0 N–H and O–H groups in total. The van der Waals surface area contributed by atoms with Crippen molar-refractivity contribution >= 4 is 34.2 Å². The van der Waals surface area contributed by atoms with Gasteiger partial charge in [0.1, 0.15) is 0 Å². The number of nitrogens with zero attached hydrogens (tertiary/aromatic N) is 2. The predicted octanol–water partition coefficient (Wildman–Crippen LogP) is 4.60. The molecular weight excluding hydrogens is 267 g/mol. The second-order valence-electron chi connectivity index (χ2n) is 3.87. The summed E-state index contributed by atoms with van der Waals surface area (Å²) in [6.45, 7) is 0. The molecule has 88 valence electrons. The molecule has 0 aliphatic carbocycles. The van der Waals surface area contributed by atoms with E-state index >= 15 is 0 Å². The molecule has 0 spiro atoms. The molecule has 0 saturated heterocycles. The highest BCUT2D eigenvalue weighted by molar-refractivity contribution is 6.35. The van der Waals surface area contributed by atoms with Gasteiger partial charge in [0.05, 0.1) is 10.7 Å². The lowest BCUT2D eigenvalue weighted by Gasteiger charge is -2.05. The van der Waals surface area contributed by atoms with Gasteiger partial charge in [-0.3, -0.25) is 0 Å². The zero-order chi connectivity index (χ0) is 12.5. The maximum atomic E-state index is 6.24. The van der Waals surface area contributed by atoms with Crippen LogP contribution in [-0.4, -0.2) is 9.97 Å². The van der Waals surface area contributed by atoms with Crippen LogP contribution in [0.3, 0.4) is 0 Å². The lowest BCUT2D eigenvalue weighted by molar-refractivity contribution is 1.29. The van der Waals surface area contributed by atoms with E-state index in [9.17, 15) is 0 Å². The minimum Gasteiger partial charge on any atom is -0.237 e. The van der Waals surface area contributed by atoms with Crippen molar-refractivity contribution in [3.05, 3.63) is 58.7 Å². The van der Waals surface area contributed by atoms with Crippen LogP contribution in [0.5, 0.6) is 0 Å². The van der Waals surface area contributed by atoms with E-state index < -0.39 is 0 Å². The van der Waals surface area contributed by atoms with Crippen molar-refractivity contribution in [1.29, 1.82) is 0 Å². The molecule has 2 nitrogen and oxygen atoms in total. The molecule has 2 heterocycles. The van der Waals surface area contributed by atoms with E-state index in [4.69, 9.17) is 23.2 Å². The Hall–Kier alpha value is -1.64. The van der Waals surface area contributed by atoms with Crippen LogP contribution in [0, 0.1) is 0 Å². The van der Waals surface area contributed by atoms with Gasteiger partial charge in [0.2, 0.25) is 0 Å². The van der Waals surface area contributed by atoms with Crippen LogP contribution < -0.4 is 0 Å². The second kappa shape index (κ2) is 4.56. The highest BCUT2D eigenvalue weighted by Crippen LogP contribution is 2.28. The maximum Gasteiger partial charge on any atom is 0.161 e. The van der Waals surface area contributed by atoms with Crippen molar-refractivity contribution in [1.82, 2.24) is 9.97 Å². The number of fused-ring (bicyclic) bond motifs is 1. The molecule has 0 atom stereocenters. The van der Waals surface area contributed by atoms with Gasteiger partial charge in [0, 0.05) is 22.2 Å². The molecule has 2 aromatic heterocycles. The Morgan fingerprint density at radius 1 is 0.944 bits per heavy atom. The SMILES string of the molecule is Clc1cccc(-c2cc(Cl)c3cccnc3n2)c1. The highest BCUT2D eigenvalue weighted by Gasteiger charge is 2.06. The first-order valence-corrected chi connectivity index (χ1v) is 6.17. The molecule has 0 radical (unpaired) electrons. The van der Waals surface area contributed by atoms with Gasteiger partial charge in [-0.25, -0.2) is 9.97 Å². The van der Waals surface area contributed by atoms with E-state index in [1.807, 2.05) is 42.5 Å². The van der Waals surface area contributed by atoms with E-state index in [0.717, 1.165) is 16.6 Å². The molecule has 0 amide bonds. The fraction of sp³-hybridized carbons (Fsp3) is 0. The summed E-state index contributed by atoms with van der Waals surface area (Å²) in [5.74, 6) is 0. The third-order valence-corrected chi connectivity index (χ3v) is 3.20. The normalized spacial score (nSPS) is 10.8. The number of halogens is 2. The van der Waals surface area contributed by atoms with Crippen molar-refractivity contribution in [3.8, 4) is 11.3 Å². The van der Waals surface area contributed by atoms with E-state index in [1.54, 1.807) is 6.20 Å². The first kappa shape index (κ1) is 11.5. The van der Waals surface area contributed by atoms with Crippen molar-refractivity contribution in [3.63, 3.8) is 0 Å². The molecule has 1 aromatic carbocycles. The Labute approximate surface area is 114 Å². The summed E-state index contributed by atoms with van der Waals surface area (Å²) in [5, 5.41) is 2.17. The maximum absolute atomic E-state index is 6.24. The van der Waals surface area contributed by atoms with Crippen molar-refractivity contribution in [2.75, 3.05) is 0 Å². The van der Waals surface area contributed by atoms with Crippen LogP contribution in [0.1, 0.15) is 0 Å². The first-order chi connectivity index (χ1) is 8.74. The van der Waals surface area contributed by atoms with Crippen LogP contribution in [0.2, 0.25) is 10.0 Å². The van der Waals surface area contributed by atoms with Crippen LogP contribution in [0.25, 0.3) is 22.3 Å². The average Bonchev–Trinajstić information content (AvgIpc) is 2.39.